The normalized spacial score (nSPS) is 21.1. The molecule has 0 radical (unpaired) electrons. The lowest BCUT2D eigenvalue weighted by Gasteiger charge is -2.08. The van der Waals surface area contributed by atoms with E-state index in [0.717, 1.165) is 12.0 Å². The van der Waals surface area contributed by atoms with Gasteiger partial charge in [0.05, 0.1) is 10.6 Å². The lowest BCUT2D eigenvalue weighted by atomic mass is 9.94. The van der Waals surface area contributed by atoms with E-state index in [0.29, 0.717) is 17.7 Å². The van der Waals surface area contributed by atoms with Crippen LogP contribution in [0.5, 0.6) is 0 Å². The zero-order valence-corrected chi connectivity index (χ0v) is 10.7. The van der Waals surface area contributed by atoms with Crippen molar-refractivity contribution in [1.82, 2.24) is 0 Å². The third-order valence-corrected chi connectivity index (χ3v) is 5.00. The highest BCUT2D eigenvalue weighted by atomic mass is 32.2. The Morgan fingerprint density at radius 1 is 1.35 bits per heavy atom. The fourth-order valence-electron chi connectivity index (χ4n) is 2.37. The summed E-state index contributed by atoms with van der Waals surface area (Å²) in [5.41, 5.74) is 0.817. The van der Waals surface area contributed by atoms with E-state index in [9.17, 15) is 13.2 Å². The van der Waals surface area contributed by atoms with Gasteiger partial charge in [-0.25, -0.2) is 8.42 Å². The molecule has 1 unspecified atom stereocenters. The molecule has 0 amide bonds. The fraction of sp³-hybridized carbons (Fsp3) is 0.462. The van der Waals surface area contributed by atoms with Crippen molar-refractivity contribution in [2.45, 2.75) is 37.0 Å². The minimum absolute atomic E-state index is 0.0851. The van der Waals surface area contributed by atoms with Crippen LogP contribution in [0.1, 0.15) is 37.7 Å². The summed E-state index contributed by atoms with van der Waals surface area (Å²) in [7, 11) is -3.17. The average molecular weight is 252 g/mol. The van der Waals surface area contributed by atoms with Gasteiger partial charge < -0.3 is 0 Å². The molecule has 2 rings (SSSR count). The Morgan fingerprint density at radius 3 is 2.76 bits per heavy atom. The van der Waals surface area contributed by atoms with Crippen molar-refractivity contribution in [3.8, 4) is 0 Å². The van der Waals surface area contributed by atoms with E-state index in [1.165, 1.54) is 0 Å². The molecule has 0 aromatic heterocycles. The van der Waals surface area contributed by atoms with Gasteiger partial charge in [0.25, 0.3) is 0 Å². The van der Waals surface area contributed by atoms with Crippen LogP contribution in [-0.4, -0.2) is 20.0 Å². The van der Waals surface area contributed by atoms with Crippen LogP contribution in [0.3, 0.4) is 0 Å². The molecule has 0 N–H and O–H groups in total. The molecule has 0 saturated heterocycles. The zero-order valence-electron chi connectivity index (χ0n) is 9.85. The smallest absolute Gasteiger partial charge is 0.179 e. The molecule has 0 fully saturated rings. The number of carbonyl (C=O) groups is 1. The number of Topliss-reactive ketones (excluding diaryl/α,β-unsaturated/α-hetero) is 1. The predicted molar refractivity (Wildman–Crippen MR) is 65.8 cm³/mol. The van der Waals surface area contributed by atoms with Crippen molar-refractivity contribution in [2.75, 3.05) is 5.75 Å². The van der Waals surface area contributed by atoms with Gasteiger partial charge in [-0.2, -0.15) is 0 Å². The van der Waals surface area contributed by atoms with Gasteiger partial charge in [0.2, 0.25) is 0 Å². The third kappa shape index (κ3) is 2.41. The maximum atomic E-state index is 11.9. The maximum absolute atomic E-state index is 11.9. The molecular formula is C13H16O3S. The molecule has 92 valence electrons. The number of fused-ring (bicyclic) bond motifs is 1. The largest absolute Gasteiger partial charge is 0.300 e. The Morgan fingerprint density at radius 2 is 2.06 bits per heavy atom. The quantitative estimate of drug-likeness (QED) is 0.826. The van der Waals surface area contributed by atoms with Gasteiger partial charge >= 0.3 is 0 Å². The molecule has 1 atom stereocenters. The highest BCUT2D eigenvalue weighted by Crippen LogP contribution is 2.36. The second-order valence-electron chi connectivity index (χ2n) is 4.51. The van der Waals surface area contributed by atoms with Crippen LogP contribution in [0.15, 0.2) is 29.2 Å². The Labute approximate surface area is 102 Å². The Kier molecular flexibility index (Phi) is 3.33. The summed E-state index contributed by atoms with van der Waals surface area (Å²) < 4.78 is 23.8. The topological polar surface area (TPSA) is 51.2 Å². The lowest BCUT2D eigenvalue weighted by Crippen LogP contribution is -2.09. The molecule has 1 aliphatic rings. The first-order chi connectivity index (χ1) is 8.04. The summed E-state index contributed by atoms with van der Waals surface area (Å²) >= 11 is 0. The number of hydrogen-bond acceptors (Lipinski definition) is 3. The van der Waals surface area contributed by atoms with E-state index >= 15 is 0 Å². The van der Waals surface area contributed by atoms with E-state index < -0.39 is 9.84 Å². The minimum Gasteiger partial charge on any atom is -0.300 e. The van der Waals surface area contributed by atoms with Crippen molar-refractivity contribution >= 4 is 15.6 Å². The molecule has 0 spiro atoms. The van der Waals surface area contributed by atoms with Crippen molar-refractivity contribution in [2.24, 2.45) is 0 Å². The van der Waals surface area contributed by atoms with Crippen LogP contribution in [0.25, 0.3) is 0 Å². The number of ketones is 1. The number of hydrogen-bond donors (Lipinski definition) is 0. The van der Waals surface area contributed by atoms with Crippen molar-refractivity contribution in [3.05, 3.63) is 29.8 Å². The standard InChI is InChI=1S/C13H16O3S/c1-2-5-11(14)8-10-9-17(15,16)13-7-4-3-6-12(10)13/h3-4,6-7,10H,2,5,8-9H2,1H3. The van der Waals surface area contributed by atoms with E-state index in [1.807, 2.05) is 19.1 Å². The highest BCUT2D eigenvalue weighted by molar-refractivity contribution is 7.91. The summed E-state index contributed by atoms with van der Waals surface area (Å²) in [5, 5.41) is 0. The maximum Gasteiger partial charge on any atom is 0.179 e. The molecule has 1 aromatic carbocycles. The van der Waals surface area contributed by atoms with Crippen LogP contribution >= 0.6 is 0 Å². The molecule has 17 heavy (non-hydrogen) atoms. The van der Waals surface area contributed by atoms with Gasteiger partial charge in [0.15, 0.2) is 9.84 Å². The number of sulfone groups is 1. The van der Waals surface area contributed by atoms with Gasteiger partial charge in [-0.15, -0.1) is 0 Å². The second-order valence-corrected chi connectivity index (χ2v) is 6.51. The minimum atomic E-state index is -3.17. The summed E-state index contributed by atoms with van der Waals surface area (Å²) in [4.78, 5) is 12.0. The van der Waals surface area contributed by atoms with Crippen LogP contribution in [0, 0.1) is 0 Å². The first kappa shape index (κ1) is 12.3. The highest BCUT2D eigenvalue weighted by Gasteiger charge is 2.34. The van der Waals surface area contributed by atoms with Crippen LogP contribution in [0.2, 0.25) is 0 Å². The monoisotopic (exact) mass is 252 g/mol. The van der Waals surface area contributed by atoms with Gasteiger partial charge in [-0.1, -0.05) is 25.1 Å². The zero-order chi connectivity index (χ0) is 12.5. The first-order valence-corrected chi connectivity index (χ1v) is 7.53. The summed E-state index contributed by atoms with van der Waals surface area (Å²) in [6.07, 6.45) is 1.71. The van der Waals surface area contributed by atoms with E-state index in [2.05, 4.69) is 0 Å². The van der Waals surface area contributed by atoms with Crippen LogP contribution < -0.4 is 0 Å². The molecule has 1 aromatic rings. The number of benzene rings is 1. The molecule has 1 heterocycles. The number of rotatable bonds is 4. The fourth-order valence-corrected chi connectivity index (χ4v) is 4.26. The molecule has 0 aliphatic carbocycles. The summed E-state index contributed by atoms with van der Waals surface area (Å²) in [6.45, 7) is 1.96. The summed E-state index contributed by atoms with van der Waals surface area (Å²) in [6, 6.07) is 7.02. The first-order valence-electron chi connectivity index (χ1n) is 5.88. The van der Waals surface area contributed by atoms with Crippen molar-refractivity contribution < 1.29 is 13.2 Å². The molecule has 0 saturated carbocycles. The average Bonchev–Trinajstić information content (AvgIpc) is 2.52. The van der Waals surface area contributed by atoms with E-state index in [1.54, 1.807) is 12.1 Å². The van der Waals surface area contributed by atoms with E-state index in [-0.39, 0.29) is 17.5 Å². The molecule has 3 nitrogen and oxygen atoms in total. The van der Waals surface area contributed by atoms with Gasteiger partial charge in [0.1, 0.15) is 5.78 Å². The third-order valence-electron chi connectivity index (χ3n) is 3.12. The Bertz CT molecular complexity index is 531. The molecule has 1 aliphatic heterocycles. The van der Waals surface area contributed by atoms with Gasteiger partial charge in [-0.05, 0) is 18.1 Å². The van der Waals surface area contributed by atoms with Crippen LogP contribution in [0.4, 0.5) is 0 Å². The Hall–Kier alpha value is -1.16. The predicted octanol–water partition coefficient (Wildman–Crippen LogP) is 2.32. The van der Waals surface area contributed by atoms with Gasteiger partial charge in [0, 0.05) is 18.8 Å². The lowest BCUT2D eigenvalue weighted by molar-refractivity contribution is -0.119. The van der Waals surface area contributed by atoms with Crippen LogP contribution in [-0.2, 0) is 14.6 Å². The van der Waals surface area contributed by atoms with E-state index in [4.69, 9.17) is 0 Å². The molecule has 4 heteroatoms. The van der Waals surface area contributed by atoms with Gasteiger partial charge in [-0.3, -0.25) is 4.79 Å². The molecular weight excluding hydrogens is 236 g/mol. The second kappa shape index (κ2) is 4.61. The Balaban J connectivity index is 2.26. The summed E-state index contributed by atoms with van der Waals surface area (Å²) in [5.74, 6) is 0.0987. The SMILES string of the molecule is CCCC(=O)CC1CS(=O)(=O)c2ccccc21. The van der Waals surface area contributed by atoms with Crippen molar-refractivity contribution in [1.29, 1.82) is 0 Å². The number of carbonyl (C=O) groups excluding carboxylic acids is 1. The molecule has 0 bridgehead atoms. The van der Waals surface area contributed by atoms with Crippen molar-refractivity contribution in [3.63, 3.8) is 0 Å².